The van der Waals surface area contributed by atoms with Crippen molar-refractivity contribution in [1.82, 2.24) is 0 Å². The molecule has 124 valence electrons. The summed E-state index contributed by atoms with van der Waals surface area (Å²) < 4.78 is 5.27. The molecule has 5 heteroatoms. The van der Waals surface area contributed by atoms with Crippen LogP contribution >= 0.6 is 11.6 Å². The van der Waals surface area contributed by atoms with Crippen molar-refractivity contribution in [3.63, 3.8) is 0 Å². The third kappa shape index (κ3) is 2.01. The van der Waals surface area contributed by atoms with E-state index in [4.69, 9.17) is 16.3 Å². The van der Waals surface area contributed by atoms with Crippen molar-refractivity contribution < 1.29 is 19.4 Å². The summed E-state index contributed by atoms with van der Waals surface area (Å²) in [5, 5.41) is 11.3. The highest BCUT2D eigenvalue weighted by Gasteiger charge is 2.63. The number of halogens is 1. The molecule has 4 aliphatic rings. The molecule has 0 bridgehead atoms. The Balaban J connectivity index is 1.68. The number of alkyl halides is 1. The van der Waals surface area contributed by atoms with Crippen LogP contribution in [0.1, 0.15) is 38.5 Å². The van der Waals surface area contributed by atoms with Crippen molar-refractivity contribution in [3.05, 3.63) is 23.8 Å². The number of fused-ring (bicyclic) bond motifs is 5. The average molecular weight is 337 g/mol. The van der Waals surface area contributed by atoms with Crippen molar-refractivity contribution in [2.75, 3.05) is 0 Å². The SMILES string of the molecule is O=COC1CCC2C1CCC1(Cl)C2CCC2=CC(=O)C=C[C@@]21O. The molecule has 5 unspecified atom stereocenters. The maximum Gasteiger partial charge on any atom is 0.293 e. The monoisotopic (exact) mass is 336 g/mol. The second kappa shape index (κ2) is 5.18. The molecule has 3 saturated carbocycles. The van der Waals surface area contributed by atoms with Crippen LogP contribution in [0, 0.1) is 17.8 Å². The fraction of sp³-hybridized carbons (Fsp3) is 0.667. The molecule has 0 aliphatic heterocycles. The minimum absolute atomic E-state index is 0.00576. The average Bonchev–Trinajstić information content (AvgIpc) is 2.92. The first-order chi connectivity index (χ1) is 11.0. The van der Waals surface area contributed by atoms with Gasteiger partial charge >= 0.3 is 0 Å². The molecule has 23 heavy (non-hydrogen) atoms. The van der Waals surface area contributed by atoms with Crippen LogP contribution in [0.3, 0.4) is 0 Å². The van der Waals surface area contributed by atoms with E-state index in [2.05, 4.69) is 0 Å². The maximum absolute atomic E-state index is 11.7. The highest BCUT2D eigenvalue weighted by molar-refractivity contribution is 6.26. The van der Waals surface area contributed by atoms with E-state index < -0.39 is 10.5 Å². The van der Waals surface area contributed by atoms with Gasteiger partial charge in [-0.25, -0.2) is 0 Å². The van der Waals surface area contributed by atoms with E-state index in [-0.39, 0.29) is 17.8 Å². The fourth-order valence-electron chi connectivity index (χ4n) is 5.64. The third-order valence-electron chi connectivity index (χ3n) is 6.64. The van der Waals surface area contributed by atoms with E-state index >= 15 is 0 Å². The van der Waals surface area contributed by atoms with Gasteiger partial charge in [0.05, 0.1) is 4.87 Å². The Morgan fingerprint density at radius 3 is 2.87 bits per heavy atom. The summed E-state index contributed by atoms with van der Waals surface area (Å²) in [5.74, 6) is 0.837. The first kappa shape index (κ1) is 15.4. The molecule has 4 nitrogen and oxygen atoms in total. The first-order valence-corrected chi connectivity index (χ1v) is 8.82. The summed E-state index contributed by atoms with van der Waals surface area (Å²) >= 11 is 7.07. The van der Waals surface area contributed by atoms with Crippen molar-refractivity contribution in [2.24, 2.45) is 17.8 Å². The van der Waals surface area contributed by atoms with Gasteiger partial charge in [0.25, 0.3) is 6.47 Å². The molecule has 3 fully saturated rings. The molecular formula is C18H21ClO4. The number of hydrogen-bond donors (Lipinski definition) is 1. The molecule has 1 N–H and O–H groups in total. The van der Waals surface area contributed by atoms with E-state index in [1.54, 1.807) is 12.2 Å². The summed E-state index contributed by atoms with van der Waals surface area (Å²) in [4.78, 5) is 21.6. The van der Waals surface area contributed by atoms with Gasteiger partial charge in [-0.15, -0.1) is 11.6 Å². The lowest BCUT2D eigenvalue weighted by Crippen LogP contribution is -2.62. The fourth-order valence-corrected chi connectivity index (χ4v) is 6.20. The van der Waals surface area contributed by atoms with Gasteiger partial charge in [-0.1, -0.05) is 0 Å². The largest absolute Gasteiger partial charge is 0.464 e. The minimum atomic E-state index is -1.22. The quantitative estimate of drug-likeness (QED) is 0.621. The Labute approximate surface area is 140 Å². The topological polar surface area (TPSA) is 63.6 Å². The van der Waals surface area contributed by atoms with Gasteiger partial charge in [-0.3, -0.25) is 9.59 Å². The van der Waals surface area contributed by atoms with Crippen LogP contribution in [0.4, 0.5) is 0 Å². The molecule has 0 aromatic heterocycles. The second-order valence-corrected chi connectivity index (χ2v) is 8.07. The zero-order valence-electron chi connectivity index (χ0n) is 12.9. The molecule has 0 heterocycles. The highest BCUT2D eigenvalue weighted by atomic mass is 35.5. The highest BCUT2D eigenvalue weighted by Crippen LogP contribution is 2.62. The van der Waals surface area contributed by atoms with Crippen LogP contribution in [0.25, 0.3) is 0 Å². The van der Waals surface area contributed by atoms with Crippen LogP contribution in [0.15, 0.2) is 23.8 Å². The lowest BCUT2D eigenvalue weighted by atomic mass is 9.54. The van der Waals surface area contributed by atoms with Gasteiger partial charge in [0.2, 0.25) is 0 Å². The molecule has 0 amide bonds. The molecule has 4 aliphatic carbocycles. The summed E-state index contributed by atoms with van der Waals surface area (Å²) in [6.07, 6.45) is 9.57. The van der Waals surface area contributed by atoms with Crippen molar-refractivity contribution in [1.29, 1.82) is 0 Å². The normalized spacial score (nSPS) is 48.1. The molecule has 4 rings (SSSR count). The van der Waals surface area contributed by atoms with Gasteiger partial charge in [0, 0.05) is 0 Å². The number of rotatable bonds is 2. The number of ether oxygens (including phenoxy) is 1. The number of ketones is 1. The van der Waals surface area contributed by atoms with Crippen LogP contribution in [-0.2, 0) is 14.3 Å². The van der Waals surface area contributed by atoms with Crippen LogP contribution in [-0.4, -0.2) is 33.9 Å². The van der Waals surface area contributed by atoms with Gasteiger partial charge in [0.1, 0.15) is 11.7 Å². The van der Waals surface area contributed by atoms with Gasteiger partial charge in [-0.2, -0.15) is 0 Å². The van der Waals surface area contributed by atoms with E-state index in [1.807, 2.05) is 0 Å². The predicted octanol–water partition coefficient (Wildman–Crippen LogP) is 2.53. The van der Waals surface area contributed by atoms with Gasteiger partial charge < -0.3 is 9.84 Å². The molecule has 0 aromatic carbocycles. The first-order valence-electron chi connectivity index (χ1n) is 8.44. The second-order valence-electron chi connectivity index (χ2n) is 7.39. The Morgan fingerprint density at radius 2 is 2.09 bits per heavy atom. The Morgan fingerprint density at radius 1 is 1.26 bits per heavy atom. The number of carbonyl (C=O) groups excluding carboxylic acids is 2. The molecule has 0 radical (unpaired) electrons. The van der Waals surface area contributed by atoms with Crippen molar-refractivity contribution in [2.45, 2.75) is 55.1 Å². The molecule has 0 saturated heterocycles. The minimum Gasteiger partial charge on any atom is -0.464 e. The van der Waals surface area contributed by atoms with Crippen LogP contribution in [0.5, 0.6) is 0 Å². The Kier molecular flexibility index (Phi) is 3.47. The molecule has 0 aromatic rings. The van der Waals surface area contributed by atoms with E-state index in [0.29, 0.717) is 31.1 Å². The predicted molar refractivity (Wildman–Crippen MR) is 84.9 cm³/mol. The summed E-state index contributed by atoms with van der Waals surface area (Å²) in [7, 11) is 0. The van der Waals surface area contributed by atoms with E-state index in [9.17, 15) is 14.7 Å². The molecule has 6 atom stereocenters. The number of hydrogen-bond acceptors (Lipinski definition) is 4. The summed E-state index contributed by atoms with van der Waals surface area (Å²) in [6.45, 7) is 0.556. The van der Waals surface area contributed by atoms with Crippen molar-refractivity contribution >= 4 is 23.9 Å². The number of carbonyl (C=O) groups is 2. The lowest BCUT2D eigenvalue weighted by Gasteiger charge is -2.57. The number of aliphatic hydroxyl groups is 1. The van der Waals surface area contributed by atoms with Crippen LogP contribution < -0.4 is 0 Å². The number of allylic oxidation sites excluding steroid dienone is 2. The van der Waals surface area contributed by atoms with E-state index in [1.165, 1.54) is 6.08 Å². The van der Waals surface area contributed by atoms with E-state index in [0.717, 1.165) is 31.3 Å². The standard InChI is InChI=1S/C18H21ClO4/c19-17-7-6-14-13(2-4-16(14)23-10-20)15(17)3-1-11-9-12(21)5-8-18(11,17)22/h5,8-10,13-16,22H,1-4,6-7H2/t13?,14?,15?,16?,17?,18-/m1/s1. The zero-order chi connectivity index (χ0) is 16.2. The molecular weight excluding hydrogens is 316 g/mol. The van der Waals surface area contributed by atoms with Crippen LogP contribution in [0.2, 0.25) is 0 Å². The van der Waals surface area contributed by atoms with Gasteiger partial charge in [0.15, 0.2) is 5.78 Å². The summed E-state index contributed by atoms with van der Waals surface area (Å²) in [6, 6.07) is 0. The smallest absolute Gasteiger partial charge is 0.293 e. The third-order valence-corrected chi connectivity index (χ3v) is 7.40. The van der Waals surface area contributed by atoms with Crippen molar-refractivity contribution in [3.8, 4) is 0 Å². The molecule has 0 spiro atoms. The summed E-state index contributed by atoms with van der Waals surface area (Å²) in [5.41, 5.74) is -0.464. The lowest BCUT2D eigenvalue weighted by molar-refractivity contribution is -0.137. The Hall–Kier alpha value is -1.13. The zero-order valence-corrected chi connectivity index (χ0v) is 13.7. The maximum atomic E-state index is 11.7. The Bertz CT molecular complexity index is 612. The van der Waals surface area contributed by atoms with Gasteiger partial charge in [-0.05, 0) is 80.1 Å².